The van der Waals surface area contributed by atoms with Crippen molar-refractivity contribution in [2.24, 2.45) is 0 Å². The number of hydrogen-bond donors (Lipinski definition) is 0. The molecule has 0 spiro atoms. The van der Waals surface area contributed by atoms with Crippen LogP contribution in [0.4, 0.5) is 0 Å². The summed E-state index contributed by atoms with van der Waals surface area (Å²) < 4.78 is 4.75. The maximum atomic E-state index is 5.33. The minimum Gasteiger partial charge on any atom is -0.309 e. The Morgan fingerprint density at radius 2 is 1.02 bits per heavy atom. The molecule has 0 aliphatic rings. The second-order valence-electron chi connectivity index (χ2n) is 11.8. The quantitative estimate of drug-likeness (QED) is 0.206. The molecule has 0 aliphatic heterocycles. The summed E-state index contributed by atoms with van der Waals surface area (Å²) in [5, 5.41) is 7.32. The highest BCUT2D eigenvalue weighted by Gasteiger charge is 2.22. The number of rotatable bonds is 3. The van der Waals surface area contributed by atoms with E-state index in [-0.39, 0.29) is 0 Å². The molecule has 0 unspecified atom stereocenters. The summed E-state index contributed by atoms with van der Waals surface area (Å²) in [5.41, 5.74) is 9.36. The van der Waals surface area contributed by atoms with Gasteiger partial charge in [-0.2, -0.15) is 0 Å². The molecule has 0 radical (unpaired) electrons. The number of aromatic nitrogens is 4. The summed E-state index contributed by atoms with van der Waals surface area (Å²) in [6.07, 6.45) is 0. The number of nitrogens with zero attached hydrogens (tertiary/aromatic N) is 4. The van der Waals surface area contributed by atoms with E-state index in [1.165, 1.54) is 37.8 Å². The summed E-state index contributed by atoms with van der Waals surface area (Å²) in [7, 11) is 0. The van der Waals surface area contributed by atoms with Crippen LogP contribution in [0.15, 0.2) is 158 Å². The Labute approximate surface area is 264 Å². The lowest BCUT2D eigenvalue weighted by molar-refractivity contribution is 1.08. The molecule has 0 N–H and O–H groups in total. The van der Waals surface area contributed by atoms with E-state index in [0.29, 0.717) is 0 Å². The maximum Gasteiger partial charge on any atom is 0.165 e. The largest absolute Gasteiger partial charge is 0.309 e. The molecule has 7 aromatic carbocycles. The average molecular weight is 587 g/mol. The van der Waals surface area contributed by atoms with Crippen LogP contribution in [-0.4, -0.2) is 19.1 Å². The minimum absolute atomic E-state index is 0.822. The van der Waals surface area contributed by atoms with E-state index in [0.717, 1.165) is 50.3 Å². The summed E-state index contributed by atoms with van der Waals surface area (Å²) in [6, 6.07) is 55.9. The van der Waals surface area contributed by atoms with Gasteiger partial charge in [-0.25, -0.2) is 9.97 Å². The zero-order chi connectivity index (χ0) is 30.2. The van der Waals surface area contributed by atoms with Gasteiger partial charge in [0.05, 0.1) is 33.1 Å². The van der Waals surface area contributed by atoms with Crippen molar-refractivity contribution in [2.45, 2.75) is 0 Å². The number of para-hydroxylation sites is 4. The van der Waals surface area contributed by atoms with Crippen molar-refractivity contribution in [3.63, 3.8) is 0 Å². The molecule has 0 aliphatic carbocycles. The first kappa shape index (κ1) is 25.1. The fourth-order valence-corrected chi connectivity index (χ4v) is 7.25. The number of fused-ring (bicyclic) bond motifs is 9. The highest BCUT2D eigenvalue weighted by molar-refractivity contribution is 6.23. The van der Waals surface area contributed by atoms with Crippen LogP contribution in [0, 0.1) is 0 Å². The molecule has 10 rings (SSSR count). The molecule has 3 heterocycles. The van der Waals surface area contributed by atoms with Gasteiger partial charge < -0.3 is 4.57 Å². The topological polar surface area (TPSA) is 35.6 Å². The maximum absolute atomic E-state index is 5.33. The monoisotopic (exact) mass is 586 g/mol. The molecular weight excluding hydrogens is 560 g/mol. The molecule has 0 amide bonds. The van der Waals surface area contributed by atoms with Gasteiger partial charge in [-0.3, -0.25) is 4.57 Å². The summed E-state index contributed by atoms with van der Waals surface area (Å²) in [4.78, 5) is 10.6. The van der Waals surface area contributed by atoms with Crippen molar-refractivity contribution in [1.82, 2.24) is 19.1 Å². The van der Waals surface area contributed by atoms with Crippen molar-refractivity contribution in [3.8, 4) is 22.8 Å². The van der Waals surface area contributed by atoms with Crippen LogP contribution in [0.2, 0.25) is 0 Å². The van der Waals surface area contributed by atoms with E-state index < -0.39 is 0 Å². The van der Waals surface area contributed by atoms with Crippen LogP contribution < -0.4 is 0 Å². The van der Waals surface area contributed by atoms with Crippen LogP contribution >= 0.6 is 0 Å². The van der Waals surface area contributed by atoms with Gasteiger partial charge in [0.25, 0.3) is 0 Å². The number of benzene rings is 7. The smallest absolute Gasteiger partial charge is 0.165 e. The molecule has 0 saturated carbocycles. The third kappa shape index (κ3) is 3.55. The van der Waals surface area contributed by atoms with Crippen LogP contribution in [0.5, 0.6) is 0 Å². The van der Waals surface area contributed by atoms with Crippen molar-refractivity contribution in [1.29, 1.82) is 0 Å². The molecule has 0 bridgehead atoms. The third-order valence-electron chi connectivity index (χ3n) is 9.27. The summed E-state index contributed by atoms with van der Waals surface area (Å²) in [5.74, 6) is 0.822. The lowest BCUT2D eigenvalue weighted by atomic mass is 10.0. The predicted molar refractivity (Wildman–Crippen MR) is 191 cm³/mol. The highest BCUT2D eigenvalue weighted by atomic mass is 15.1. The summed E-state index contributed by atoms with van der Waals surface area (Å²) >= 11 is 0. The van der Waals surface area contributed by atoms with E-state index in [1.54, 1.807) is 0 Å². The van der Waals surface area contributed by atoms with Crippen LogP contribution in [0.25, 0.3) is 88.2 Å². The predicted octanol–water partition coefficient (Wildman–Crippen LogP) is 10.6. The SMILES string of the molecule is c1ccc(-c2nc3ccccc3nc2-n2c3ccccc3c3cc4c5ccc6ccccc6c5n(-c5ccccc5)c4cc32)cc1. The van der Waals surface area contributed by atoms with Gasteiger partial charge in [0.1, 0.15) is 5.69 Å². The van der Waals surface area contributed by atoms with Gasteiger partial charge in [0, 0.05) is 38.2 Å². The van der Waals surface area contributed by atoms with Crippen molar-refractivity contribution in [3.05, 3.63) is 158 Å². The fourth-order valence-electron chi connectivity index (χ4n) is 7.25. The third-order valence-corrected chi connectivity index (χ3v) is 9.27. The Balaban J connectivity index is 1.41. The molecule has 10 aromatic rings. The van der Waals surface area contributed by atoms with E-state index >= 15 is 0 Å². The molecule has 0 atom stereocenters. The Morgan fingerprint density at radius 1 is 0.391 bits per heavy atom. The molecule has 3 aromatic heterocycles. The second kappa shape index (κ2) is 9.62. The standard InChI is InChI=1S/C42H26N4/c1-3-14-28(15-4-1)40-42(44-36-21-11-10-20-35(36)43-40)46-37-22-12-9-19-31(37)33-25-34-32-24-23-27-13-7-8-18-30(27)41(32)45(38(34)26-39(33)46)29-16-5-2-6-17-29/h1-26H. The lowest BCUT2D eigenvalue weighted by Gasteiger charge is -2.14. The van der Waals surface area contributed by atoms with Crippen molar-refractivity contribution in [2.75, 3.05) is 0 Å². The van der Waals surface area contributed by atoms with Crippen LogP contribution in [0.3, 0.4) is 0 Å². The van der Waals surface area contributed by atoms with Gasteiger partial charge in [0.2, 0.25) is 0 Å². The van der Waals surface area contributed by atoms with E-state index in [1.807, 2.05) is 30.3 Å². The first-order valence-corrected chi connectivity index (χ1v) is 15.6. The normalized spacial score (nSPS) is 11.9. The highest BCUT2D eigenvalue weighted by Crippen LogP contribution is 2.42. The molecule has 46 heavy (non-hydrogen) atoms. The Hall–Kier alpha value is -6.26. The van der Waals surface area contributed by atoms with Gasteiger partial charge in [0.15, 0.2) is 5.82 Å². The van der Waals surface area contributed by atoms with E-state index in [4.69, 9.17) is 9.97 Å². The lowest BCUT2D eigenvalue weighted by Crippen LogP contribution is -2.03. The van der Waals surface area contributed by atoms with E-state index in [2.05, 4.69) is 137 Å². The molecule has 0 fully saturated rings. The zero-order valence-electron chi connectivity index (χ0n) is 24.8. The number of hydrogen-bond acceptors (Lipinski definition) is 2. The van der Waals surface area contributed by atoms with Crippen LogP contribution in [0.1, 0.15) is 0 Å². The first-order chi connectivity index (χ1) is 22.8. The Kier molecular flexibility index (Phi) is 5.25. The second-order valence-corrected chi connectivity index (χ2v) is 11.8. The molecule has 4 heteroatoms. The van der Waals surface area contributed by atoms with Gasteiger partial charge in [-0.15, -0.1) is 0 Å². The summed E-state index contributed by atoms with van der Waals surface area (Å²) in [6.45, 7) is 0. The molecule has 0 saturated heterocycles. The molecule has 214 valence electrons. The Bertz CT molecular complexity index is 2790. The van der Waals surface area contributed by atoms with Crippen molar-refractivity contribution >= 4 is 65.4 Å². The van der Waals surface area contributed by atoms with Gasteiger partial charge in [-0.1, -0.05) is 115 Å². The Morgan fingerprint density at radius 3 is 1.85 bits per heavy atom. The fraction of sp³-hybridized carbons (Fsp3) is 0. The average Bonchev–Trinajstić information content (AvgIpc) is 3.63. The minimum atomic E-state index is 0.822. The van der Waals surface area contributed by atoms with E-state index in [9.17, 15) is 0 Å². The van der Waals surface area contributed by atoms with Crippen LogP contribution in [-0.2, 0) is 0 Å². The van der Waals surface area contributed by atoms with Crippen molar-refractivity contribution < 1.29 is 0 Å². The first-order valence-electron chi connectivity index (χ1n) is 15.6. The van der Waals surface area contributed by atoms with Gasteiger partial charge in [-0.05, 0) is 47.9 Å². The van der Waals surface area contributed by atoms with Gasteiger partial charge >= 0.3 is 0 Å². The molecule has 4 nitrogen and oxygen atoms in total. The molecular formula is C42H26N4. The zero-order valence-corrected chi connectivity index (χ0v) is 24.8.